The fraction of sp³-hybridized carbons (Fsp3) is 0.606. The second-order valence-corrected chi connectivity index (χ2v) is 12.0. The van der Waals surface area contributed by atoms with Crippen LogP contribution in [0.15, 0.2) is 42.5 Å². The Balaban J connectivity index is 0.941. The van der Waals surface area contributed by atoms with E-state index >= 15 is 0 Å². The quantitative estimate of drug-likeness (QED) is 0.278. The zero-order chi connectivity index (χ0) is 29.4. The number of unbranched alkanes of at least 4 members (excludes halogenated alkanes) is 2. The molecule has 9 heteroatoms. The number of anilines is 1. The third-order valence-electron chi connectivity index (χ3n) is 8.86. The highest BCUT2D eigenvalue weighted by Gasteiger charge is 2.31. The second kappa shape index (κ2) is 14.6. The van der Waals surface area contributed by atoms with E-state index in [0.29, 0.717) is 25.2 Å². The first kappa shape index (κ1) is 30.7. The van der Waals surface area contributed by atoms with Crippen LogP contribution in [0.25, 0.3) is 0 Å². The van der Waals surface area contributed by atoms with E-state index < -0.39 is 11.7 Å². The monoisotopic (exact) mass is 586 g/mol. The van der Waals surface area contributed by atoms with Gasteiger partial charge in [0.1, 0.15) is 5.75 Å². The third-order valence-corrected chi connectivity index (χ3v) is 8.86. The fourth-order valence-electron chi connectivity index (χ4n) is 6.35. The number of halogens is 3. The summed E-state index contributed by atoms with van der Waals surface area (Å²) in [4.78, 5) is 21.8. The Bertz CT molecular complexity index is 1160. The number of fused-ring (bicyclic) bond motifs is 1. The lowest BCUT2D eigenvalue weighted by atomic mass is 10.1. The highest BCUT2D eigenvalue weighted by atomic mass is 19.4. The highest BCUT2D eigenvalue weighted by molar-refractivity contribution is 5.77. The van der Waals surface area contributed by atoms with Gasteiger partial charge in [0.25, 0.3) is 0 Å². The molecular weight excluding hydrogens is 541 g/mol. The maximum absolute atomic E-state index is 13.1. The lowest BCUT2D eigenvalue weighted by Crippen LogP contribution is -2.46. The first-order valence-corrected chi connectivity index (χ1v) is 15.7. The number of piperidine rings is 1. The normalized spacial score (nSPS) is 18.4. The molecule has 0 aliphatic carbocycles. The fourth-order valence-corrected chi connectivity index (χ4v) is 6.35. The number of piperazine rings is 1. The topological polar surface area (TPSA) is 39.3 Å². The number of benzene rings is 2. The van der Waals surface area contributed by atoms with E-state index in [1.807, 2.05) is 15.9 Å². The zero-order valence-corrected chi connectivity index (χ0v) is 24.7. The molecule has 230 valence electrons. The lowest BCUT2D eigenvalue weighted by Gasteiger charge is -2.36. The average Bonchev–Trinajstić information content (AvgIpc) is 3.43. The molecule has 2 aromatic carbocycles. The van der Waals surface area contributed by atoms with Gasteiger partial charge in [-0.1, -0.05) is 25.0 Å². The Labute approximate surface area is 248 Å². The minimum Gasteiger partial charge on any atom is -0.494 e. The van der Waals surface area contributed by atoms with E-state index in [0.717, 1.165) is 83.4 Å². The number of amides is 1. The summed E-state index contributed by atoms with van der Waals surface area (Å²) in [6.45, 7) is 9.69. The molecule has 42 heavy (non-hydrogen) atoms. The van der Waals surface area contributed by atoms with Gasteiger partial charge in [-0.3, -0.25) is 9.69 Å². The number of carbonyl (C=O) groups is 1. The molecule has 2 aromatic rings. The number of likely N-dealkylation sites (tertiary alicyclic amines) is 1. The van der Waals surface area contributed by atoms with Crippen molar-refractivity contribution in [3.63, 3.8) is 0 Å². The largest absolute Gasteiger partial charge is 0.494 e. The predicted molar refractivity (Wildman–Crippen MR) is 160 cm³/mol. The van der Waals surface area contributed by atoms with Gasteiger partial charge in [-0.05, 0) is 93.2 Å². The smallest absolute Gasteiger partial charge is 0.416 e. The number of nitrogens with zero attached hydrogens (tertiary/aromatic N) is 4. The molecule has 0 spiro atoms. The first-order chi connectivity index (χ1) is 20.3. The van der Waals surface area contributed by atoms with Gasteiger partial charge in [0.15, 0.2) is 0 Å². The number of ether oxygens (including phenoxy) is 1. The van der Waals surface area contributed by atoms with Crippen LogP contribution in [0, 0.1) is 0 Å². The van der Waals surface area contributed by atoms with Gasteiger partial charge in [0.05, 0.1) is 12.2 Å². The van der Waals surface area contributed by atoms with Crippen LogP contribution < -0.4 is 9.64 Å². The van der Waals surface area contributed by atoms with Crippen LogP contribution in [0.3, 0.4) is 0 Å². The summed E-state index contributed by atoms with van der Waals surface area (Å²) in [6.07, 6.45) is 4.18. The Morgan fingerprint density at radius 3 is 2.29 bits per heavy atom. The Kier molecular flexibility index (Phi) is 10.7. The molecule has 2 saturated heterocycles. The van der Waals surface area contributed by atoms with Gasteiger partial charge in [-0.15, -0.1) is 0 Å². The van der Waals surface area contributed by atoms with E-state index in [1.54, 1.807) is 6.07 Å². The summed E-state index contributed by atoms with van der Waals surface area (Å²) in [5.74, 6) is 1.11. The van der Waals surface area contributed by atoms with E-state index in [2.05, 4.69) is 21.9 Å². The average molecular weight is 587 g/mol. The molecule has 3 heterocycles. The van der Waals surface area contributed by atoms with Gasteiger partial charge < -0.3 is 19.4 Å². The van der Waals surface area contributed by atoms with Crippen LogP contribution in [0.4, 0.5) is 18.9 Å². The lowest BCUT2D eigenvalue weighted by molar-refractivity contribution is -0.137. The SMILES string of the molecule is O=C(CCCCCN1CCN(c2cccc(C(F)(F)F)c2)CC1)N1Cc2ccc(OCCCN3CCCCC3)cc2C1. The number of carbonyl (C=O) groups excluding carboxylic acids is 1. The van der Waals surface area contributed by atoms with Gasteiger partial charge in [-0.2, -0.15) is 13.2 Å². The molecule has 1 amide bonds. The summed E-state index contributed by atoms with van der Waals surface area (Å²) >= 11 is 0. The third kappa shape index (κ3) is 8.63. The molecule has 0 aromatic heterocycles. The maximum Gasteiger partial charge on any atom is 0.416 e. The standard InChI is InChI=1S/C33H45F3N4O2/c34-33(35,36)29-9-7-10-30(24-29)39-20-18-38(19-21-39)16-4-1-3-11-32(41)40-25-27-12-13-31(23-28(27)26-40)42-22-8-17-37-14-5-2-6-15-37/h7,9-10,12-13,23-24H,1-6,8,11,14-22,25-26H2. The molecule has 3 aliphatic heterocycles. The Hall–Kier alpha value is -2.78. The Morgan fingerprint density at radius 1 is 0.762 bits per heavy atom. The Morgan fingerprint density at radius 2 is 1.50 bits per heavy atom. The molecule has 6 nitrogen and oxygen atoms in total. The van der Waals surface area contributed by atoms with Gasteiger partial charge >= 0.3 is 6.18 Å². The van der Waals surface area contributed by atoms with E-state index in [1.165, 1.54) is 55.6 Å². The van der Waals surface area contributed by atoms with Gasteiger partial charge in [0.2, 0.25) is 5.91 Å². The molecule has 0 bridgehead atoms. The van der Waals surface area contributed by atoms with Crippen LogP contribution in [0.2, 0.25) is 0 Å². The summed E-state index contributed by atoms with van der Waals surface area (Å²) in [5, 5.41) is 0. The first-order valence-electron chi connectivity index (χ1n) is 15.7. The summed E-state index contributed by atoms with van der Waals surface area (Å²) < 4.78 is 45.2. The van der Waals surface area contributed by atoms with Crippen molar-refractivity contribution < 1.29 is 22.7 Å². The van der Waals surface area contributed by atoms with Gasteiger partial charge in [0, 0.05) is 57.9 Å². The van der Waals surface area contributed by atoms with Crippen LogP contribution in [0.1, 0.15) is 68.1 Å². The van der Waals surface area contributed by atoms with Crippen molar-refractivity contribution in [1.29, 1.82) is 0 Å². The number of hydrogen-bond donors (Lipinski definition) is 0. The molecule has 0 N–H and O–H groups in total. The van der Waals surface area contributed by atoms with Gasteiger partial charge in [-0.25, -0.2) is 0 Å². The van der Waals surface area contributed by atoms with Crippen molar-refractivity contribution in [2.45, 2.75) is 70.6 Å². The van der Waals surface area contributed by atoms with Crippen molar-refractivity contribution in [3.05, 3.63) is 59.2 Å². The molecule has 0 radical (unpaired) electrons. The van der Waals surface area contributed by atoms with E-state index in [-0.39, 0.29) is 5.91 Å². The molecule has 0 saturated carbocycles. The molecule has 0 atom stereocenters. The summed E-state index contributed by atoms with van der Waals surface area (Å²) in [7, 11) is 0. The molecule has 5 rings (SSSR count). The van der Waals surface area contributed by atoms with Crippen molar-refractivity contribution >= 4 is 11.6 Å². The van der Waals surface area contributed by atoms with Crippen LogP contribution in [0.5, 0.6) is 5.75 Å². The minimum absolute atomic E-state index is 0.213. The van der Waals surface area contributed by atoms with Crippen molar-refractivity contribution in [2.24, 2.45) is 0 Å². The van der Waals surface area contributed by atoms with Crippen LogP contribution in [-0.2, 0) is 24.1 Å². The number of hydrogen-bond acceptors (Lipinski definition) is 5. The van der Waals surface area contributed by atoms with E-state index in [9.17, 15) is 18.0 Å². The maximum atomic E-state index is 13.1. The van der Waals surface area contributed by atoms with Crippen LogP contribution in [-0.4, -0.2) is 79.6 Å². The molecular formula is C33H45F3N4O2. The molecule has 2 fully saturated rings. The van der Waals surface area contributed by atoms with Crippen molar-refractivity contribution in [2.75, 3.05) is 63.9 Å². The van der Waals surface area contributed by atoms with Crippen molar-refractivity contribution in [3.8, 4) is 5.75 Å². The number of alkyl halides is 3. The van der Waals surface area contributed by atoms with Crippen LogP contribution >= 0.6 is 0 Å². The molecule has 3 aliphatic rings. The number of rotatable bonds is 12. The second-order valence-electron chi connectivity index (χ2n) is 12.0. The minimum atomic E-state index is -4.32. The summed E-state index contributed by atoms with van der Waals surface area (Å²) in [5.41, 5.74) is 2.45. The summed E-state index contributed by atoms with van der Waals surface area (Å²) in [6, 6.07) is 11.9. The molecule has 0 unspecified atom stereocenters. The highest BCUT2D eigenvalue weighted by Crippen LogP contribution is 2.32. The zero-order valence-electron chi connectivity index (χ0n) is 24.7. The van der Waals surface area contributed by atoms with Crippen molar-refractivity contribution in [1.82, 2.24) is 14.7 Å². The predicted octanol–water partition coefficient (Wildman–Crippen LogP) is 6.19. The van der Waals surface area contributed by atoms with E-state index in [4.69, 9.17) is 4.74 Å².